The van der Waals surface area contributed by atoms with E-state index in [-0.39, 0.29) is 0 Å². The van der Waals surface area contributed by atoms with E-state index in [4.69, 9.17) is 4.98 Å². The van der Waals surface area contributed by atoms with Gasteiger partial charge in [0, 0.05) is 31.4 Å². The van der Waals surface area contributed by atoms with Crippen molar-refractivity contribution in [2.75, 3.05) is 38.1 Å². The highest BCUT2D eigenvalue weighted by molar-refractivity contribution is 5.80. The predicted molar refractivity (Wildman–Crippen MR) is 124 cm³/mol. The number of likely N-dealkylation sites (N-methyl/N-ethyl adjacent to an activating group) is 1. The molecule has 1 saturated heterocycles. The molecule has 0 spiro atoms. The Kier molecular flexibility index (Phi) is 6.50. The normalized spacial score (nSPS) is 15.1. The summed E-state index contributed by atoms with van der Waals surface area (Å²) in [7, 11) is 2.19. The van der Waals surface area contributed by atoms with Gasteiger partial charge in [0.1, 0.15) is 5.82 Å². The zero-order valence-corrected chi connectivity index (χ0v) is 18.0. The van der Waals surface area contributed by atoms with E-state index >= 15 is 0 Å². The molecular formula is C25H34N4. The molecule has 0 aliphatic carbocycles. The van der Waals surface area contributed by atoms with E-state index in [2.05, 4.69) is 71.2 Å². The van der Waals surface area contributed by atoms with Gasteiger partial charge in [-0.3, -0.25) is 0 Å². The van der Waals surface area contributed by atoms with Crippen LogP contribution in [-0.2, 0) is 6.42 Å². The Morgan fingerprint density at radius 3 is 2.59 bits per heavy atom. The van der Waals surface area contributed by atoms with Crippen molar-refractivity contribution in [3.8, 4) is 11.4 Å². The molecule has 4 nitrogen and oxygen atoms in total. The Morgan fingerprint density at radius 1 is 1.03 bits per heavy atom. The topological polar surface area (TPSA) is 35.2 Å². The largest absolute Gasteiger partial charge is 0.373 e. The molecule has 3 aromatic rings. The van der Waals surface area contributed by atoms with Gasteiger partial charge in [0.2, 0.25) is 0 Å². The maximum atomic E-state index is 4.80. The number of rotatable bonds is 8. The van der Waals surface area contributed by atoms with Gasteiger partial charge in [-0.2, -0.15) is 0 Å². The molecule has 0 atom stereocenters. The number of nitrogens with zero attached hydrogens (tertiary/aromatic N) is 3. The minimum Gasteiger partial charge on any atom is -0.373 e. The molecule has 1 aliphatic rings. The molecule has 2 heterocycles. The van der Waals surface area contributed by atoms with Gasteiger partial charge in [0.15, 0.2) is 0 Å². The molecule has 1 aliphatic heterocycles. The summed E-state index contributed by atoms with van der Waals surface area (Å²) in [4.78, 5) is 13.3. The van der Waals surface area contributed by atoms with Crippen molar-refractivity contribution in [2.24, 2.45) is 0 Å². The van der Waals surface area contributed by atoms with E-state index in [9.17, 15) is 0 Å². The van der Waals surface area contributed by atoms with E-state index in [0.717, 1.165) is 41.9 Å². The highest BCUT2D eigenvalue weighted by Gasteiger charge is 2.11. The first-order valence-electron chi connectivity index (χ1n) is 11.3. The molecule has 1 fully saturated rings. The second-order valence-corrected chi connectivity index (χ2v) is 8.41. The average Bonchev–Trinajstić information content (AvgIpc) is 3.20. The number of hydrogen-bond acceptors (Lipinski definition) is 3. The highest BCUT2D eigenvalue weighted by atomic mass is 15.2. The summed E-state index contributed by atoms with van der Waals surface area (Å²) in [5.74, 6) is 0.954. The summed E-state index contributed by atoms with van der Waals surface area (Å²) in [5, 5.41) is 0. The van der Waals surface area contributed by atoms with Crippen molar-refractivity contribution in [3.05, 3.63) is 48.0 Å². The molecule has 0 saturated carbocycles. The number of nitrogens with one attached hydrogen (secondary N) is 1. The first-order valence-corrected chi connectivity index (χ1v) is 11.3. The Balaban J connectivity index is 1.41. The average molecular weight is 391 g/mol. The Labute approximate surface area is 174 Å². The highest BCUT2D eigenvalue weighted by Crippen LogP contribution is 2.24. The van der Waals surface area contributed by atoms with E-state index in [1.807, 2.05) is 0 Å². The third-order valence-corrected chi connectivity index (χ3v) is 6.15. The minimum atomic E-state index is 0.954. The van der Waals surface area contributed by atoms with E-state index in [0.29, 0.717) is 0 Å². The molecule has 0 unspecified atom stereocenters. The zero-order chi connectivity index (χ0) is 20.1. The number of benzene rings is 2. The number of fused-ring (bicyclic) bond motifs is 1. The fourth-order valence-electron chi connectivity index (χ4n) is 4.21. The van der Waals surface area contributed by atoms with Gasteiger partial charge in [-0.1, -0.05) is 25.8 Å². The number of piperidine rings is 1. The number of imidazole rings is 1. The lowest BCUT2D eigenvalue weighted by atomic mass is 10.1. The predicted octanol–water partition coefficient (Wildman–Crippen LogP) is 5.49. The van der Waals surface area contributed by atoms with Crippen LogP contribution in [0.5, 0.6) is 0 Å². The van der Waals surface area contributed by atoms with Gasteiger partial charge in [0.25, 0.3) is 0 Å². The third kappa shape index (κ3) is 4.99. The van der Waals surface area contributed by atoms with Gasteiger partial charge < -0.3 is 14.8 Å². The van der Waals surface area contributed by atoms with Crippen LogP contribution in [-0.4, -0.2) is 48.1 Å². The number of unbranched alkanes of at least 4 members (excludes halogenated alkanes) is 1. The van der Waals surface area contributed by atoms with Crippen molar-refractivity contribution in [1.29, 1.82) is 0 Å². The number of aryl methyl sites for hydroxylation is 1. The van der Waals surface area contributed by atoms with E-state index < -0.39 is 0 Å². The number of hydrogen-bond donors (Lipinski definition) is 1. The molecule has 29 heavy (non-hydrogen) atoms. The van der Waals surface area contributed by atoms with Crippen LogP contribution in [0.2, 0.25) is 0 Å². The molecule has 0 amide bonds. The molecule has 0 bridgehead atoms. The monoisotopic (exact) mass is 390 g/mol. The van der Waals surface area contributed by atoms with Crippen LogP contribution in [0.15, 0.2) is 42.5 Å². The van der Waals surface area contributed by atoms with Crippen LogP contribution < -0.4 is 4.90 Å². The third-order valence-electron chi connectivity index (χ3n) is 6.15. The van der Waals surface area contributed by atoms with Crippen molar-refractivity contribution < 1.29 is 0 Å². The fraction of sp³-hybridized carbons (Fsp3) is 0.480. The van der Waals surface area contributed by atoms with Crippen molar-refractivity contribution >= 4 is 16.7 Å². The number of aromatic nitrogens is 2. The summed E-state index contributed by atoms with van der Waals surface area (Å²) in [6, 6.07) is 15.4. The summed E-state index contributed by atoms with van der Waals surface area (Å²) < 4.78 is 0. The van der Waals surface area contributed by atoms with Crippen LogP contribution in [0, 0.1) is 0 Å². The maximum absolute atomic E-state index is 4.80. The van der Waals surface area contributed by atoms with Gasteiger partial charge in [0.05, 0.1) is 11.0 Å². The number of H-pyrrole nitrogens is 1. The second kappa shape index (κ2) is 9.45. The molecule has 1 N–H and O–H groups in total. The quantitative estimate of drug-likeness (QED) is 0.552. The summed E-state index contributed by atoms with van der Waals surface area (Å²) in [5.41, 5.74) is 5.98. The second-order valence-electron chi connectivity index (χ2n) is 8.41. The SMILES string of the molecule is CCCCc1ccc2nc(-c3ccc(N(C)CCN4CCCCC4)cc3)[nH]c2c1. The van der Waals surface area contributed by atoms with Crippen LogP contribution >= 0.6 is 0 Å². The summed E-state index contributed by atoms with van der Waals surface area (Å²) in [6.07, 6.45) is 7.71. The van der Waals surface area contributed by atoms with Crippen LogP contribution in [0.1, 0.15) is 44.6 Å². The number of anilines is 1. The number of aromatic amines is 1. The Bertz CT molecular complexity index is 906. The first kappa shape index (κ1) is 20.0. The molecule has 1 aromatic heterocycles. The lowest BCUT2D eigenvalue weighted by Gasteiger charge is -2.29. The minimum absolute atomic E-state index is 0.954. The smallest absolute Gasteiger partial charge is 0.138 e. The van der Waals surface area contributed by atoms with Crippen molar-refractivity contribution in [3.63, 3.8) is 0 Å². The van der Waals surface area contributed by atoms with Gasteiger partial charge in [-0.15, -0.1) is 0 Å². The Hall–Kier alpha value is -2.33. The van der Waals surface area contributed by atoms with E-state index in [1.54, 1.807) is 0 Å². The summed E-state index contributed by atoms with van der Waals surface area (Å²) in [6.45, 7) is 6.99. The molecule has 4 heteroatoms. The maximum Gasteiger partial charge on any atom is 0.138 e. The van der Waals surface area contributed by atoms with Gasteiger partial charge >= 0.3 is 0 Å². The molecule has 4 rings (SSSR count). The van der Waals surface area contributed by atoms with Gasteiger partial charge in [-0.05, 0) is 80.7 Å². The molecule has 0 radical (unpaired) electrons. The van der Waals surface area contributed by atoms with Crippen LogP contribution in [0.3, 0.4) is 0 Å². The lowest BCUT2D eigenvalue weighted by Crippen LogP contribution is -2.36. The van der Waals surface area contributed by atoms with Crippen molar-refractivity contribution in [1.82, 2.24) is 14.9 Å². The zero-order valence-electron chi connectivity index (χ0n) is 18.0. The molecule has 2 aromatic carbocycles. The Morgan fingerprint density at radius 2 is 1.83 bits per heavy atom. The van der Waals surface area contributed by atoms with Crippen LogP contribution in [0.25, 0.3) is 22.4 Å². The molecular weight excluding hydrogens is 356 g/mol. The first-order chi connectivity index (χ1) is 14.2. The summed E-state index contributed by atoms with van der Waals surface area (Å²) >= 11 is 0. The van der Waals surface area contributed by atoms with Gasteiger partial charge in [-0.25, -0.2) is 4.98 Å². The van der Waals surface area contributed by atoms with Crippen LogP contribution in [0.4, 0.5) is 5.69 Å². The van der Waals surface area contributed by atoms with Crippen molar-refractivity contribution in [2.45, 2.75) is 45.4 Å². The lowest BCUT2D eigenvalue weighted by molar-refractivity contribution is 0.234. The molecule has 154 valence electrons. The number of likely N-dealkylation sites (tertiary alicyclic amines) is 1. The standard InChI is InChI=1S/C25H34N4/c1-3-4-8-20-9-14-23-24(19-20)27-25(26-23)21-10-12-22(13-11-21)28(2)17-18-29-15-6-5-7-16-29/h9-14,19H,3-8,15-18H2,1-2H3,(H,26,27). The van der Waals surface area contributed by atoms with E-state index in [1.165, 1.54) is 56.4 Å². The fourth-order valence-corrected chi connectivity index (χ4v) is 4.21.